The van der Waals surface area contributed by atoms with Gasteiger partial charge in [0.15, 0.2) is 0 Å². The van der Waals surface area contributed by atoms with E-state index in [1.807, 2.05) is 0 Å². The molecule has 1 unspecified atom stereocenters. The standard InChI is InChI=1S/C31H45N/c1-5-8-13-27-16-20-29(21-17-27)31(4,24-12-10-11-15-26(7-3)25-32)30-22-18-28(19-23-30)14-9-6-2/h16-23,26H,5-15,24H2,1-4H3. The Morgan fingerprint density at radius 3 is 1.62 bits per heavy atom. The highest BCUT2D eigenvalue weighted by Crippen LogP contribution is 2.37. The molecule has 1 nitrogen and oxygen atoms in total. The van der Waals surface area contributed by atoms with E-state index in [0.29, 0.717) is 0 Å². The summed E-state index contributed by atoms with van der Waals surface area (Å²) in [5.41, 5.74) is 5.81. The van der Waals surface area contributed by atoms with Crippen LogP contribution in [0.2, 0.25) is 0 Å². The van der Waals surface area contributed by atoms with Crippen molar-refractivity contribution in [1.29, 1.82) is 5.26 Å². The normalized spacial score (nSPS) is 12.5. The number of unbranched alkanes of at least 4 members (excludes halogenated alkanes) is 4. The molecule has 0 N–H and O–H groups in total. The van der Waals surface area contributed by atoms with Gasteiger partial charge < -0.3 is 0 Å². The van der Waals surface area contributed by atoms with Gasteiger partial charge in [0, 0.05) is 11.3 Å². The smallest absolute Gasteiger partial charge is 0.0655 e. The summed E-state index contributed by atoms with van der Waals surface area (Å²) in [6, 6.07) is 21.3. The van der Waals surface area contributed by atoms with E-state index in [1.54, 1.807) is 0 Å². The lowest BCUT2D eigenvalue weighted by Crippen LogP contribution is -2.24. The second-order valence-corrected chi connectivity index (χ2v) is 9.77. The van der Waals surface area contributed by atoms with Gasteiger partial charge in [-0.2, -0.15) is 5.26 Å². The van der Waals surface area contributed by atoms with Gasteiger partial charge >= 0.3 is 0 Å². The molecule has 2 aromatic carbocycles. The first-order valence-electron chi connectivity index (χ1n) is 13.2. The number of nitriles is 1. The van der Waals surface area contributed by atoms with Crippen LogP contribution in [0.3, 0.4) is 0 Å². The third-order valence-corrected chi connectivity index (χ3v) is 7.22. The highest BCUT2D eigenvalue weighted by atomic mass is 14.3. The minimum Gasteiger partial charge on any atom is -0.198 e. The van der Waals surface area contributed by atoms with Gasteiger partial charge in [0.25, 0.3) is 0 Å². The third-order valence-electron chi connectivity index (χ3n) is 7.22. The number of hydrogen-bond acceptors (Lipinski definition) is 1. The van der Waals surface area contributed by atoms with Crippen LogP contribution in [-0.2, 0) is 18.3 Å². The SMILES string of the molecule is CCCCc1ccc(C(C)(CCCCCC(C#N)CC)c2ccc(CCCC)cc2)cc1. The predicted octanol–water partition coefficient (Wildman–Crippen LogP) is 9.18. The Morgan fingerprint density at radius 1 is 0.719 bits per heavy atom. The van der Waals surface area contributed by atoms with E-state index < -0.39 is 0 Å². The summed E-state index contributed by atoms with van der Waals surface area (Å²) in [6.45, 7) is 9.07. The molecular formula is C31H45N. The van der Waals surface area contributed by atoms with Crippen molar-refractivity contribution >= 4 is 0 Å². The van der Waals surface area contributed by atoms with Crippen LogP contribution in [0.15, 0.2) is 48.5 Å². The highest BCUT2D eigenvalue weighted by Gasteiger charge is 2.28. The lowest BCUT2D eigenvalue weighted by molar-refractivity contribution is 0.459. The topological polar surface area (TPSA) is 23.8 Å². The average molecular weight is 432 g/mol. The summed E-state index contributed by atoms with van der Waals surface area (Å²) in [6.07, 6.45) is 14.1. The van der Waals surface area contributed by atoms with Crippen LogP contribution >= 0.6 is 0 Å². The second kappa shape index (κ2) is 14.2. The Bertz CT molecular complexity index is 742. The summed E-state index contributed by atoms with van der Waals surface area (Å²) >= 11 is 0. The van der Waals surface area contributed by atoms with Crippen LogP contribution < -0.4 is 0 Å². The molecule has 2 rings (SSSR count). The van der Waals surface area contributed by atoms with Gasteiger partial charge in [0.1, 0.15) is 0 Å². The van der Waals surface area contributed by atoms with Gasteiger partial charge in [-0.05, 0) is 67.2 Å². The van der Waals surface area contributed by atoms with Crippen LogP contribution in [-0.4, -0.2) is 0 Å². The number of benzene rings is 2. The summed E-state index contributed by atoms with van der Waals surface area (Å²) < 4.78 is 0. The Morgan fingerprint density at radius 2 is 1.22 bits per heavy atom. The fourth-order valence-corrected chi connectivity index (χ4v) is 4.70. The predicted molar refractivity (Wildman–Crippen MR) is 139 cm³/mol. The largest absolute Gasteiger partial charge is 0.198 e. The van der Waals surface area contributed by atoms with Gasteiger partial charge in [-0.25, -0.2) is 0 Å². The summed E-state index contributed by atoms with van der Waals surface area (Å²) in [5, 5.41) is 9.21. The van der Waals surface area contributed by atoms with E-state index in [2.05, 4.69) is 82.3 Å². The first-order chi connectivity index (χ1) is 15.6. The first-order valence-corrected chi connectivity index (χ1v) is 13.2. The molecule has 0 aliphatic carbocycles. The summed E-state index contributed by atoms with van der Waals surface area (Å²) in [5.74, 6) is 0.229. The fraction of sp³-hybridized carbons (Fsp3) is 0.581. The maximum atomic E-state index is 9.21. The van der Waals surface area contributed by atoms with Gasteiger partial charge in [-0.3, -0.25) is 0 Å². The Labute approximate surface area is 198 Å². The number of aryl methyl sites for hydroxylation is 2. The lowest BCUT2D eigenvalue weighted by Gasteiger charge is -2.32. The van der Waals surface area contributed by atoms with E-state index in [9.17, 15) is 5.26 Å². The summed E-state index contributed by atoms with van der Waals surface area (Å²) in [4.78, 5) is 0. The molecule has 0 aliphatic rings. The van der Waals surface area contributed by atoms with Crippen molar-refractivity contribution in [2.75, 3.05) is 0 Å². The number of rotatable bonds is 15. The zero-order chi connectivity index (χ0) is 23.2. The highest BCUT2D eigenvalue weighted by molar-refractivity contribution is 5.40. The molecular weight excluding hydrogens is 386 g/mol. The second-order valence-electron chi connectivity index (χ2n) is 9.77. The molecule has 32 heavy (non-hydrogen) atoms. The first kappa shape index (κ1) is 26.2. The fourth-order valence-electron chi connectivity index (χ4n) is 4.70. The maximum Gasteiger partial charge on any atom is 0.0655 e. The van der Waals surface area contributed by atoms with Crippen LogP contribution in [0.5, 0.6) is 0 Å². The maximum absolute atomic E-state index is 9.21. The van der Waals surface area contributed by atoms with Crippen LogP contribution in [0.4, 0.5) is 0 Å². The van der Waals surface area contributed by atoms with Gasteiger partial charge in [0.05, 0.1) is 6.07 Å². The van der Waals surface area contributed by atoms with Crippen LogP contribution in [0.25, 0.3) is 0 Å². The monoisotopic (exact) mass is 431 g/mol. The minimum absolute atomic E-state index is 0.0337. The molecule has 0 fully saturated rings. The zero-order valence-corrected chi connectivity index (χ0v) is 21.1. The van der Waals surface area contributed by atoms with Gasteiger partial charge in [-0.15, -0.1) is 0 Å². The average Bonchev–Trinajstić information content (AvgIpc) is 2.84. The van der Waals surface area contributed by atoms with Crippen molar-refractivity contribution in [3.05, 3.63) is 70.8 Å². The van der Waals surface area contributed by atoms with Crippen molar-refractivity contribution in [2.45, 2.75) is 110 Å². The van der Waals surface area contributed by atoms with E-state index in [1.165, 1.54) is 73.6 Å². The van der Waals surface area contributed by atoms with Crippen molar-refractivity contribution in [3.8, 4) is 6.07 Å². The summed E-state index contributed by atoms with van der Waals surface area (Å²) in [7, 11) is 0. The Hall–Kier alpha value is -2.07. The van der Waals surface area contributed by atoms with E-state index in [-0.39, 0.29) is 11.3 Å². The molecule has 174 valence electrons. The quantitative estimate of drug-likeness (QED) is 0.258. The molecule has 0 radical (unpaired) electrons. The lowest BCUT2D eigenvalue weighted by atomic mass is 9.72. The van der Waals surface area contributed by atoms with Crippen molar-refractivity contribution in [3.63, 3.8) is 0 Å². The van der Waals surface area contributed by atoms with Gasteiger partial charge in [0.2, 0.25) is 0 Å². The Balaban J connectivity index is 2.15. The van der Waals surface area contributed by atoms with E-state index in [4.69, 9.17) is 0 Å². The van der Waals surface area contributed by atoms with E-state index in [0.717, 1.165) is 25.7 Å². The molecule has 0 aromatic heterocycles. The molecule has 0 heterocycles. The molecule has 0 saturated heterocycles. The van der Waals surface area contributed by atoms with E-state index >= 15 is 0 Å². The Kier molecular flexibility index (Phi) is 11.6. The molecule has 0 spiro atoms. The zero-order valence-electron chi connectivity index (χ0n) is 21.1. The molecule has 1 atom stereocenters. The molecule has 0 amide bonds. The van der Waals surface area contributed by atoms with Gasteiger partial charge in [-0.1, -0.05) is 108 Å². The minimum atomic E-state index is 0.0337. The molecule has 0 saturated carbocycles. The molecule has 1 heteroatoms. The van der Waals surface area contributed by atoms with Crippen LogP contribution in [0.1, 0.15) is 114 Å². The number of nitrogens with zero attached hydrogens (tertiary/aromatic N) is 1. The third kappa shape index (κ3) is 7.81. The number of hydrogen-bond donors (Lipinski definition) is 0. The molecule has 2 aromatic rings. The van der Waals surface area contributed by atoms with Crippen molar-refractivity contribution in [1.82, 2.24) is 0 Å². The van der Waals surface area contributed by atoms with Crippen LogP contribution in [0, 0.1) is 17.2 Å². The van der Waals surface area contributed by atoms with Crippen molar-refractivity contribution < 1.29 is 0 Å². The molecule has 0 aliphatic heterocycles. The molecule has 0 bridgehead atoms. The van der Waals surface area contributed by atoms with Crippen molar-refractivity contribution in [2.24, 2.45) is 5.92 Å².